The van der Waals surface area contributed by atoms with Crippen LogP contribution in [0.5, 0.6) is 5.75 Å². The highest BCUT2D eigenvalue weighted by atomic mass is 35.5. The Labute approximate surface area is 115 Å². The van der Waals surface area contributed by atoms with E-state index in [0.29, 0.717) is 16.9 Å². The number of carbonyl (C=O) groups is 1. The maximum atomic E-state index is 13.0. The molecule has 19 heavy (non-hydrogen) atoms. The van der Waals surface area contributed by atoms with Crippen LogP contribution in [0.15, 0.2) is 36.7 Å². The lowest BCUT2D eigenvalue weighted by atomic mass is 10.0. The zero-order valence-electron chi connectivity index (χ0n) is 10.2. The summed E-state index contributed by atoms with van der Waals surface area (Å²) in [6, 6.07) is 5.82. The molecule has 0 bridgehead atoms. The Hall–Kier alpha value is -1.94. The van der Waals surface area contributed by atoms with E-state index in [2.05, 4.69) is 4.98 Å². The molecule has 0 spiro atoms. The van der Waals surface area contributed by atoms with Gasteiger partial charge in [0.15, 0.2) is 5.78 Å². The lowest BCUT2D eigenvalue weighted by molar-refractivity contribution is 0.0990. The van der Waals surface area contributed by atoms with Gasteiger partial charge >= 0.3 is 0 Å². The van der Waals surface area contributed by atoms with Crippen molar-refractivity contribution in [2.45, 2.75) is 6.42 Å². The fraction of sp³-hybridized carbons (Fsp3) is 0.143. The number of carbonyl (C=O) groups excluding carboxylic acids is 1. The van der Waals surface area contributed by atoms with Crippen molar-refractivity contribution in [2.24, 2.45) is 0 Å². The first-order valence-corrected chi connectivity index (χ1v) is 5.94. The molecule has 0 saturated heterocycles. The van der Waals surface area contributed by atoms with Gasteiger partial charge in [0.1, 0.15) is 11.6 Å². The Balaban J connectivity index is 2.23. The van der Waals surface area contributed by atoms with Gasteiger partial charge < -0.3 is 4.74 Å². The summed E-state index contributed by atoms with van der Waals surface area (Å²) >= 11 is 5.68. The second-order valence-electron chi connectivity index (χ2n) is 3.92. The van der Waals surface area contributed by atoms with Gasteiger partial charge in [-0.1, -0.05) is 17.7 Å². The maximum absolute atomic E-state index is 13.0. The van der Waals surface area contributed by atoms with Gasteiger partial charge in [0.2, 0.25) is 0 Å². The maximum Gasteiger partial charge on any atom is 0.171 e. The van der Waals surface area contributed by atoms with Crippen molar-refractivity contribution < 1.29 is 13.9 Å². The number of halogens is 2. The van der Waals surface area contributed by atoms with E-state index in [9.17, 15) is 9.18 Å². The fourth-order valence-electron chi connectivity index (χ4n) is 1.70. The number of ketones is 1. The van der Waals surface area contributed by atoms with Crippen LogP contribution in [0.1, 0.15) is 15.9 Å². The summed E-state index contributed by atoms with van der Waals surface area (Å²) in [7, 11) is 1.47. The molecule has 0 aliphatic heterocycles. The van der Waals surface area contributed by atoms with E-state index < -0.39 is 5.82 Å². The Morgan fingerprint density at radius 3 is 2.89 bits per heavy atom. The third kappa shape index (κ3) is 3.09. The summed E-state index contributed by atoms with van der Waals surface area (Å²) in [5.74, 6) is -0.220. The molecule has 2 rings (SSSR count). The summed E-state index contributed by atoms with van der Waals surface area (Å²) in [4.78, 5) is 16.0. The van der Waals surface area contributed by atoms with E-state index >= 15 is 0 Å². The molecule has 1 aromatic heterocycles. The minimum atomic E-state index is -0.501. The van der Waals surface area contributed by atoms with Gasteiger partial charge in [0.05, 0.1) is 23.9 Å². The molecule has 0 radical (unpaired) electrons. The monoisotopic (exact) mass is 279 g/mol. The van der Waals surface area contributed by atoms with Crippen molar-refractivity contribution in [1.29, 1.82) is 0 Å². The van der Waals surface area contributed by atoms with E-state index in [1.165, 1.54) is 37.7 Å². The normalized spacial score (nSPS) is 10.3. The zero-order valence-corrected chi connectivity index (χ0v) is 10.9. The predicted octanol–water partition coefficient (Wildman–Crippen LogP) is 3.31. The van der Waals surface area contributed by atoms with Crippen LogP contribution in [0.3, 0.4) is 0 Å². The highest BCUT2D eigenvalue weighted by molar-refractivity contribution is 6.30. The number of Topliss-reactive ketones (excluding diaryl/α,β-unsaturated/α-hetero) is 1. The molecular formula is C14H11ClFNO2. The second-order valence-corrected chi connectivity index (χ2v) is 4.33. The molecule has 3 nitrogen and oxygen atoms in total. The first kappa shape index (κ1) is 13.5. The number of hydrogen-bond acceptors (Lipinski definition) is 3. The number of nitrogens with zero attached hydrogens (tertiary/aromatic N) is 1. The standard InChI is InChI=1S/C14H11ClFNO2/c1-19-14-8-17-5-4-10(14)13(18)7-9-2-3-12(16)11(15)6-9/h2-6,8H,7H2,1H3. The molecule has 0 amide bonds. The van der Waals surface area contributed by atoms with Crippen LogP contribution in [-0.4, -0.2) is 17.9 Å². The van der Waals surface area contributed by atoms with E-state index in [0.717, 1.165) is 0 Å². The quantitative estimate of drug-likeness (QED) is 0.806. The molecule has 0 aliphatic carbocycles. The number of methoxy groups -OCH3 is 1. The Bertz CT molecular complexity index is 616. The predicted molar refractivity (Wildman–Crippen MR) is 70.2 cm³/mol. The summed E-state index contributed by atoms with van der Waals surface area (Å²) in [6.07, 6.45) is 3.12. The largest absolute Gasteiger partial charge is 0.494 e. The van der Waals surface area contributed by atoms with Gasteiger partial charge in [-0.2, -0.15) is 0 Å². The van der Waals surface area contributed by atoms with Crippen LogP contribution in [0.2, 0.25) is 5.02 Å². The first-order chi connectivity index (χ1) is 9.11. The molecule has 0 atom stereocenters. The molecule has 0 N–H and O–H groups in total. The van der Waals surface area contributed by atoms with Gasteiger partial charge in [-0.25, -0.2) is 4.39 Å². The molecule has 98 valence electrons. The minimum absolute atomic E-state index is 0.00648. The van der Waals surface area contributed by atoms with Crippen LogP contribution in [0.25, 0.3) is 0 Å². The third-order valence-electron chi connectivity index (χ3n) is 2.65. The molecule has 0 fully saturated rings. The average Bonchev–Trinajstić information content (AvgIpc) is 2.43. The minimum Gasteiger partial charge on any atom is -0.494 e. The zero-order chi connectivity index (χ0) is 13.8. The van der Waals surface area contributed by atoms with Crippen LogP contribution < -0.4 is 4.74 Å². The lowest BCUT2D eigenvalue weighted by Crippen LogP contribution is -2.06. The van der Waals surface area contributed by atoms with Crippen molar-refractivity contribution >= 4 is 17.4 Å². The number of benzene rings is 1. The highest BCUT2D eigenvalue weighted by Gasteiger charge is 2.13. The number of hydrogen-bond donors (Lipinski definition) is 0. The molecule has 0 saturated carbocycles. The fourth-order valence-corrected chi connectivity index (χ4v) is 1.91. The lowest BCUT2D eigenvalue weighted by Gasteiger charge is -2.07. The Morgan fingerprint density at radius 1 is 1.42 bits per heavy atom. The number of ether oxygens (including phenoxy) is 1. The van der Waals surface area contributed by atoms with E-state index in [-0.39, 0.29) is 17.2 Å². The number of rotatable bonds is 4. The molecule has 1 heterocycles. The van der Waals surface area contributed by atoms with Crippen molar-refractivity contribution in [3.63, 3.8) is 0 Å². The van der Waals surface area contributed by atoms with Crippen molar-refractivity contribution in [1.82, 2.24) is 4.98 Å². The highest BCUT2D eigenvalue weighted by Crippen LogP contribution is 2.20. The molecule has 0 aliphatic rings. The van der Waals surface area contributed by atoms with Gasteiger partial charge in [-0.05, 0) is 23.8 Å². The van der Waals surface area contributed by atoms with Gasteiger partial charge in [-0.15, -0.1) is 0 Å². The first-order valence-electron chi connectivity index (χ1n) is 5.57. The van der Waals surface area contributed by atoms with Gasteiger partial charge in [0, 0.05) is 12.6 Å². The molecule has 2 aromatic rings. The SMILES string of the molecule is COc1cnccc1C(=O)Cc1ccc(F)c(Cl)c1. The van der Waals surface area contributed by atoms with Crippen LogP contribution in [0, 0.1) is 5.82 Å². The van der Waals surface area contributed by atoms with E-state index in [4.69, 9.17) is 16.3 Å². The van der Waals surface area contributed by atoms with Crippen molar-refractivity contribution in [2.75, 3.05) is 7.11 Å². The van der Waals surface area contributed by atoms with Crippen LogP contribution >= 0.6 is 11.6 Å². The van der Waals surface area contributed by atoms with Gasteiger partial charge in [0.25, 0.3) is 0 Å². The molecule has 0 unspecified atom stereocenters. The summed E-state index contributed by atoms with van der Waals surface area (Å²) in [6.45, 7) is 0. The second kappa shape index (κ2) is 5.80. The average molecular weight is 280 g/mol. The number of pyridine rings is 1. The van der Waals surface area contributed by atoms with Crippen molar-refractivity contribution in [3.8, 4) is 5.75 Å². The van der Waals surface area contributed by atoms with Crippen LogP contribution in [-0.2, 0) is 6.42 Å². The third-order valence-corrected chi connectivity index (χ3v) is 2.94. The van der Waals surface area contributed by atoms with E-state index in [1.807, 2.05) is 0 Å². The summed E-state index contributed by atoms with van der Waals surface area (Å²) in [5, 5.41) is 0.00648. The van der Waals surface area contributed by atoms with E-state index in [1.54, 1.807) is 6.07 Å². The molecular weight excluding hydrogens is 269 g/mol. The summed E-state index contributed by atoms with van der Waals surface area (Å²) < 4.78 is 18.1. The Morgan fingerprint density at radius 2 is 2.21 bits per heavy atom. The van der Waals surface area contributed by atoms with Crippen LogP contribution in [0.4, 0.5) is 4.39 Å². The molecule has 1 aromatic carbocycles. The van der Waals surface area contributed by atoms with Crippen molar-refractivity contribution in [3.05, 3.63) is 58.6 Å². The topological polar surface area (TPSA) is 39.2 Å². The smallest absolute Gasteiger partial charge is 0.171 e. The molecule has 5 heteroatoms. The Kier molecular flexibility index (Phi) is 4.12. The summed E-state index contributed by atoms with van der Waals surface area (Å²) in [5.41, 5.74) is 1.09. The number of aromatic nitrogens is 1. The van der Waals surface area contributed by atoms with Gasteiger partial charge in [-0.3, -0.25) is 9.78 Å².